The van der Waals surface area contributed by atoms with Crippen LogP contribution in [0.5, 0.6) is 5.88 Å². The van der Waals surface area contributed by atoms with Crippen molar-refractivity contribution in [2.75, 3.05) is 18.5 Å². The molecule has 1 aliphatic carbocycles. The van der Waals surface area contributed by atoms with Crippen molar-refractivity contribution in [2.45, 2.75) is 65.2 Å². The number of nitrogens with zero attached hydrogens (tertiary/aromatic N) is 2. The highest BCUT2D eigenvalue weighted by Gasteiger charge is 2.28. The zero-order valence-corrected chi connectivity index (χ0v) is 13.0. The minimum absolute atomic E-state index is 0.552. The molecule has 0 saturated heterocycles. The Morgan fingerprint density at radius 1 is 1.15 bits per heavy atom. The molecule has 1 aromatic rings. The molecule has 0 unspecified atom stereocenters. The smallest absolute Gasteiger partial charge is 0.221 e. The van der Waals surface area contributed by atoms with E-state index in [4.69, 9.17) is 4.74 Å². The highest BCUT2D eigenvalue weighted by atomic mass is 16.5. The van der Waals surface area contributed by atoms with E-state index in [0.29, 0.717) is 5.92 Å². The molecule has 4 nitrogen and oxygen atoms in total. The summed E-state index contributed by atoms with van der Waals surface area (Å²) in [5, 5.41) is 3.40. The average molecular weight is 277 g/mol. The molecule has 1 aliphatic rings. The van der Waals surface area contributed by atoms with Crippen molar-refractivity contribution in [3.8, 4) is 5.88 Å². The summed E-state index contributed by atoms with van der Waals surface area (Å²) in [7, 11) is 0. The molecule has 4 heteroatoms. The third-order valence-corrected chi connectivity index (χ3v) is 3.59. The lowest BCUT2D eigenvalue weighted by atomic mass is 10.2. The van der Waals surface area contributed by atoms with E-state index >= 15 is 0 Å². The average Bonchev–Trinajstić information content (AvgIpc) is 3.28. The number of hydrogen-bond acceptors (Lipinski definition) is 4. The molecule has 1 aromatic heterocycles. The summed E-state index contributed by atoms with van der Waals surface area (Å²) in [6, 6.07) is 0. The number of aromatic nitrogens is 2. The van der Waals surface area contributed by atoms with Gasteiger partial charge in [0.15, 0.2) is 0 Å². The van der Waals surface area contributed by atoms with Gasteiger partial charge in [-0.05, 0) is 32.6 Å². The van der Waals surface area contributed by atoms with Crippen LogP contribution in [0, 0.1) is 6.92 Å². The van der Waals surface area contributed by atoms with Gasteiger partial charge in [-0.15, -0.1) is 0 Å². The van der Waals surface area contributed by atoms with Crippen molar-refractivity contribution < 1.29 is 4.74 Å². The van der Waals surface area contributed by atoms with Crippen LogP contribution < -0.4 is 10.1 Å². The van der Waals surface area contributed by atoms with Crippen molar-refractivity contribution in [1.29, 1.82) is 0 Å². The summed E-state index contributed by atoms with van der Waals surface area (Å²) in [6.45, 7) is 8.10. The Morgan fingerprint density at radius 2 is 1.95 bits per heavy atom. The number of rotatable bonds is 9. The van der Waals surface area contributed by atoms with Gasteiger partial charge in [-0.2, -0.15) is 4.98 Å². The first kappa shape index (κ1) is 15.1. The fourth-order valence-corrected chi connectivity index (χ4v) is 2.11. The monoisotopic (exact) mass is 277 g/mol. The molecule has 0 aromatic carbocycles. The zero-order chi connectivity index (χ0) is 14.4. The molecule has 20 heavy (non-hydrogen) atoms. The van der Waals surface area contributed by atoms with Gasteiger partial charge in [-0.3, -0.25) is 0 Å². The number of ether oxygens (including phenoxy) is 1. The first-order valence-electron chi connectivity index (χ1n) is 8.01. The Labute approximate surface area is 122 Å². The predicted molar refractivity (Wildman–Crippen MR) is 82.5 cm³/mol. The van der Waals surface area contributed by atoms with Crippen LogP contribution in [0.3, 0.4) is 0 Å². The minimum Gasteiger partial charge on any atom is -0.477 e. The van der Waals surface area contributed by atoms with Gasteiger partial charge in [0.25, 0.3) is 0 Å². The fourth-order valence-electron chi connectivity index (χ4n) is 2.11. The number of unbranched alkanes of at least 4 members (excludes halogenated alkanes) is 2. The van der Waals surface area contributed by atoms with E-state index in [9.17, 15) is 0 Å². The maximum absolute atomic E-state index is 5.89. The van der Waals surface area contributed by atoms with Crippen molar-refractivity contribution in [3.63, 3.8) is 0 Å². The highest BCUT2D eigenvalue weighted by Crippen LogP contribution is 2.39. The summed E-state index contributed by atoms with van der Waals surface area (Å²) < 4.78 is 5.89. The van der Waals surface area contributed by atoms with Crippen LogP contribution in [0.4, 0.5) is 5.82 Å². The molecule has 0 aliphatic heterocycles. The van der Waals surface area contributed by atoms with E-state index in [1.807, 2.05) is 6.92 Å². The number of anilines is 1. The van der Waals surface area contributed by atoms with Gasteiger partial charge in [0.2, 0.25) is 5.88 Å². The molecule has 0 atom stereocenters. The minimum atomic E-state index is 0.552. The van der Waals surface area contributed by atoms with Crippen molar-refractivity contribution in [3.05, 3.63) is 11.4 Å². The number of nitrogens with one attached hydrogen (secondary N) is 1. The summed E-state index contributed by atoms with van der Waals surface area (Å²) >= 11 is 0. The Morgan fingerprint density at radius 3 is 2.60 bits per heavy atom. The molecular weight excluding hydrogens is 250 g/mol. The largest absolute Gasteiger partial charge is 0.477 e. The SMILES string of the molecule is CCCCCOc1nc(C2CC2)nc(NCCC)c1C. The second kappa shape index (κ2) is 7.46. The van der Waals surface area contributed by atoms with Crippen molar-refractivity contribution in [1.82, 2.24) is 9.97 Å². The lowest BCUT2D eigenvalue weighted by molar-refractivity contribution is 0.291. The van der Waals surface area contributed by atoms with Crippen molar-refractivity contribution in [2.24, 2.45) is 0 Å². The molecule has 0 spiro atoms. The molecule has 112 valence electrons. The molecule has 1 heterocycles. The van der Waals surface area contributed by atoms with Crippen LogP contribution in [0.2, 0.25) is 0 Å². The molecule has 0 bridgehead atoms. The van der Waals surface area contributed by atoms with Gasteiger partial charge in [0.1, 0.15) is 11.6 Å². The highest BCUT2D eigenvalue weighted by molar-refractivity contribution is 5.49. The second-order valence-electron chi connectivity index (χ2n) is 5.62. The number of hydrogen-bond donors (Lipinski definition) is 1. The van der Waals surface area contributed by atoms with Crippen LogP contribution >= 0.6 is 0 Å². The van der Waals surface area contributed by atoms with E-state index in [1.165, 1.54) is 25.7 Å². The maximum atomic E-state index is 5.89. The zero-order valence-electron chi connectivity index (χ0n) is 13.0. The standard InChI is InChI=1S/C16H27N3O/c1-4-6-7-11-20-16-12(3)14(17-10-5-2)18-15(19-16)13-8-9-13/h13H,4-11H2,1-3H3,(H,17,18,19). The van der Waals surface area contributed by atoms with Gasteiger partial charge < -0.3 is 10.1 Å². The molecular formula is C16H27N3O. The summed E-state index contributed by atoms with van der Waals surface area (Å²) in [5.41, 5.74) is 1.04. The molecule has 0 amide bonds. The van der Waals surface area contributed by atoms with Crippen LogP contribution in [0.15, 0.2) is 0 Å². The van der Waals surface area contributed by atoms with Crippen LogP contribution in [0.25, 0.3) is 0 Å². The summed E-state index contributed by atoms with van der Waals surface area (Å²) in [6.07, 6.45) is 7.03. The van der Waals surface area contributed by atoms with E-state index in [2.05, 4.69) is 29.1 Å². The summed E-state index contributed by atoms with van der Waals surface area (Å²) in [4.78, 5) is 9.30. The Bertz CT molecular complexity index is 430. The van der Waals surface area contributed by atoms with Gasteiger partial charge in [-0.1, -0.05) is 26.7 Å². The van der Waals surface area contributed by atoms with Crippen LogP contribution in [-0.2, 0) is 0 Å². The van der Waals surface area contributed by atoms with E-state index in [0.717, 1.165) is 49.1 Å². The Kier molecular flexibility index (Phi) is 5.62. The van der Waals surface area contributed by atoms with Crippen molar-refractivity contribution >= 4 is 5.82 Å². The lowest BCUT2D eigenvalue weighted by Gasteiger charge is -2.14. The van der Waals surface area contributed by atoms with Gasteiger partial charge in [0.05, 0.1) is 12.2 Å². The first-order valence-corrected chi connectivity index (χ1v) is 8.01. The third-order valence-electron chi connectivity index (χ3n) is 3.59. The molecule has 1 saturated carbocycles. The van der Waals surface area contributed by atoms with Crippen LogP contribution in [0.1, 0.15) is 69.7 Å². The molecule has 0 radical (unpaired) electrons. The Hall–Kier alpha value is -1.32. The van der Waals surface area contributed by atoms with Gasteiger partial charge in [0, 0.05) is 12.5 Å². The van der Waals surface area contributed by atoms with Gasteiger partial charge >= 0.3 is 0 Å². The van der Waals surface area contributed by atoms with E-state index < -0.39 is 0 Å². The summed E-state index contributed by atoms with van der Waals surface area (Å²) in [5.74, 6) is 3.24. The topological polar surface area (TPSA) is 47.0 Å². The van der Waals surface area contributed by atoms with Crippen LogP contribution in [-0.4, -0.2) is 23.1 Å². The van der Waals surface area contributed by atoms with Gasteiger partial charge in [-0.25, -0.2) is 4.98 Å². The third kappa shape index (κ3) is 4.09. The second-order valence-corrected chi connectivity index (χ2v) is 5.62. The fraction of sp³-hybridized carbons (Fsp3) is 0.750. The maximum Gasteiger partial charge on any atom is 0.221 e. The quantitative estimate of drug-likeness (QED) is 0.692. The molecule has 1 N–H and O–H groups in total. The normalized spacial score (nSPS) is 14.3. The molecule has 1 fully saturated rings. The van der Waals surface area contributed by atoms with E-state index in [1.54, 1.807) is 0 Å². The lowest BCUT2D eigenvalue weighted by Crippen LogP contribution is -2.10. The predicted octanol–water partition coefficient (Wildman–Crippen LogP) is 4.05. The van der Waals surface area contributed by atoms with E-state index in [-0.39, 0.29) is 0 Å². The molecule has 2 rings (SSSR count). The first-order chi connectivity index (χ1) is 9.76. The Balaban J connectivity index is 2.08.